The molecule has 0 radical (unpaired) electrons. The quantitative estimate of drug-likeness (QED) is 0.658. The predicted molar refractivity (Wildman–Crippen MR) is 95.0 cm³/mol. The normalized spacial score (nSPS) is 28.2. The molecule has 0 bridgehead atoms. The molecule has 0 aromatic carbocycles. The summed E-state index contributed by atoms with van der Waals surface area (Å²) in [6, 6.07) is 0.159. The van der Waals surface area contributed by atoms with Gasteiger partial charge in [0, 0.05) is 39.0 Å². The van der Waals surface area contributed by atoms with Gasteiger partial charge in [-0.25, -0.2) is 0 Å². The van der Waals surface area contributed by atoms with E-state index in [2.05, 4.69) is 10.6 Å². The number of carbonyl (C=O) groups is 2. The Labute approximate surface area is 150 Å². The average Bonchev–Trinajstić information content (AvgIpc) is 2.85. The number of hydrogen-bond acceptors (Lipinski definition) is 5. The van der Waals surface area contributed by atoms with E-state index >= 15 is 0 Å². The fourth-order valence-corrected chi connectivity index (χ4v) is 3.43. The Bertz CT molecular complexity index is 469. The summed E-state index contributed by atoms with van der Waals surface area (Å²) in [5.74, 6) is 0.102. The summed E-state index contributed by atoms with van der Waals surface area (Å²) in [4.78, 5) is 25.1. The van der Waals surface area contributed by atoms with Crippen LogP contribution in [0.4, 0.5) is 0 Å². The second kappa shape index (κ2) is 8.47. The molecule has 3 N–H and O–H groups in total. The van der Waals surface area contributed by atoms with E-state index in [9.17, 15) is 14.7 Å². The number of aliphatic hydroxyl groups is 1. The van der Waals surface area contributed by atoms with Crippen LogP contribution in [0.3, 0.4) is 0 Å². The number of amides is 2. The zero-order valence-electron chi connectivity index (χ0n) is 15.9. The van der Waals surface area contributed by atoms with Crippen LogP contribution in [0.5, 0.6) is 0 Å². The van der Waals surface area contributed by atoms with Crippen molar-refractivity contribution in [2.45, 2.75) is 71.2 Å². The Kier molecular flexibility index (Phi) is 6.82. The van der Waals surface area contributed by atoms with Gasteiger partial charge in [-0.2, -0.15) is 0 Å². The molecule has 2 amide bonds. The highest BCUT2D eigenvalue weighted by Gasteiger charge is 2.37. The molecule has 2 saturated heterocycles. The number of nitrogens with one attached hydrogen (secondary N) is 2. The SMILES string of the molecule is CC(=O)N1CCC(NC2COC(CNC(=O)CC(C)(C)C)C2O)CC1. The van der Waals surface area contributed by atoms with Gasteiger partial charge in [-0.15, -0.1) is 0 Å². The minimum Gasteiger partial charge on any atom is -0.389 e. The van der Waals surface area contributed by atoms with Crippen LogP contribution in [0, 0.1) is 5.41 Å². The van der Waals surface area contributed by atoms with Crippen LogP contribution >= 0.6 is 0 Å². The number of ether oxygens (including phenoxy) is 1. The van der Waals surface area contributed by atoms with E-state index in [1.54, 1.807) is 6.92 Å². The monoisotopic (exact) mass is 355 g/mol. The molecule has 2 aliphatic rings. The average molecular weight is 355 g/mol. The highest BCUT2D eigenvalue weighted by atomic mass is 16.5. The molecule has 7 heteroatoms. The van der Waals surface area contributed by atoms with E-state index in [0.29, 0.717) is 19.6 Å². The van der Waals surface area contributed by atoms with E-state index in [-0.39, 0.29) is 35.4 Å². The number of rotatable bonds is 5. The number of piperidine rings is 1. The van der Waals surface area contributed by atoms with Gasteiger partial charge in [0.2, 0.25) is 11.8 Å². The third-order valence-electron chi connectivity index (χ3n) is 4.86. The molecule has 2 heterocycles. The Hall–Kier alpha value is -1.18. The molecule has 3 atom stereocenters. The van der Waals surface area contributed by atoms with Crippen LogP contribution in [-0.2, 0) is 14.3 Å². The molecular weight excluding hydrogens is 322 g/mol. The van der Waals surface area contributed by atoms with Gasteiger partial charge in [-0.05, 0) is 18.3 Å². The van der Waals surface area contributed by atoms with Crippen molar-refractivity contribution < 1.29 is 19.4 Å². The molecular formula is C18H33N3O4. The molecule has 0 spiro atoms. The van der Waals surface area contributed by atoms with Crippen LogP contribution in [0.15, 0.2) is 0 Å². The van der Waals surface area contributed by atoms with Gasteiger partial charge in [0.25, 0.3) is 0 Å². The van der Waals surface area contributed by atoms with E-state index < -0.39 is 6.10 Å². The van der Waals surface area contributed by atoms with Gasteiger partial charge in [0.1, 0.15) is 6.10 Å². The van der Waals surface area contributed by atoms with Gasteiger partial charge in [-0.1, -0.05) is 20.8 Å². The second-order valence-electron chi connectivity index (χ2n) is 8.46. The van der Waals surface area contributed by atoms with Crippen molar-refractivity contribution in [1.29, 1.82) is 0 Å². The number of hydrogen-bond donors (Lipinski definition) is 3. The molecule has 144 valence electrons. The van der Waals surface area contributed by atoms with Crippen molar-refractivity contribution in [3.8, 4) is 0 Å². The zero-order chi connectivity index (χ0) is 18.6. The highest BCUT2D eigenvalue weighted by Crippen LogP contribution is 2.20. The predicted octanol–water partition coefficient (Wildman–Crippen LogP) is 0.268. The van der Waals surface area contributed by atoms with Crippen molar-refractivity contribution in [3.63, 3.8) is 0 Å². The molecule has 3 unspecified atom stereocenters. The van der Waals surface area contributed by atoms with Crippen LogP contribution in [-0.4, -0.2) is 72.4 Å². The maximum atomic E-state index is 11.9. The topological polar surface area (TPSA) is 90.9 Å². The molecule has 2 aliphatic heterocycles. The lowest BCUT2D eigenvalue weighted by atomic mass is 9.92. The van der Waals surface area contributed by atoms with Crippen molar-refractivity contribution in [3.05, 3.63) is 0 Å². The van der Waals surface area contributed by atoms with Crippen molar-refractivity contribution in [1.82, 2.24) is 15.5 Å². The van der Waals surface area contributed by atoms with Crippen molar-refractivity contribution in [2.24, 2.45) is 5.41 Å². The van der Waals surface area contributed by atoms with Gasteiger partial charge in [0.05, 0.1) is 18.8 Å². The van der Waals surface area contributed by atoms with Crippen LogP contribution in [0.25, 0.3) is 0 Å². The summed E-state index contributed by atoms with van der Waals surface area (Å²) in [6.07, 6.45) is 1.21. The summed E-state index contributed by atoms with van der Waals surface area (Å²) in [7, 11) is 0. The molecule has 7 nitrogen and oxygen atoms in total. The summed E-state index contributed by atoms with van der Waals surface area (Å²) < 4.78 is 5.67. The largest absolute Gasteiger partial charge is 0.389 e. The van der Waals surface area contributed by atoms with Crippen LogP contribution in [0.2, 0.25) is 0 Å². The summed E-state index contributed by atoms with van der Waals surface area (Å²) in [5.41, 5.74) is -0.0575. The minimum atomic E-state index is -0.638. The van der Waals surface area contributed by atoms with Gasteiger partial charge in [-0.3, -0.25) is 9.59 Å². The molecule has 2 rings (SSSR count). The Morgan fingerprint density at radius 2 is 1.88 bits per heavy atom. The Morgan fingerprint density at radius 3 is 2.44 bits per heavy atom. The fourth-order valence-electron chi connectivity index (χ4n) is 3.43. The Balaban J connectivity index is 1.72. The van der Waals surface area contributed by atoms with E-state index in [1.807, 2.05) is 25.7 Å². The van der Waals surface area contributed by atoms with Gasteiger partial charge < -0.3 is 25.4 Å². The lowest BCUT2D eigenvalue weighted by Crippen LogP contribution is -2.52. The van der Waals surface area contributed by atoms with Crippen molar-refractivity contribution >= 4 is 11.8 Å². The summed E-state index contributed by atoms with van der Waals surface area (Å²) >= 11 is 0. The van der Waals surface area contributed by atoms with E-state index in [4.69, 9.17) is 4.74 Å². The third kappa shape index (κ3) is 6.24. The van der Waals surface area contributed by atoms with Crippen LogP contribution < -0.4 is 10.6 Å². The molecule has 0 aromatic rings. The summed E-state index contributed by atoms with van der Waals surface area (Å²) in [6.45, 7) is 9.93. The standard InChI is InChI=1S/C18H33N3O4/c1-12(22)21-7-5-13(6-8-21)20-14-11-25-15(17(14)24)10-19-16(23)9-18(2,3)4/h13-15,17,20,24H,5-11H2,1-4H3,(H,19,23). The lowest BCUT2D eigenvalue weighted by Gasteiger charge is -2.33. The van der Waals surface area contributed by atoms with Gasteiger partial charge >= 0.3 is 0 Å². The first-order valence-corrected chi connectivity index (χ1v) is 9.23. The molecule has 0 aromatic heterocycles. The van der Waals surface area contributed by atoms with Crippen molar-refractivity contribution in [2.75, 3.05) is 26.2 Å². The maximum absolute atomic E-state index is 11.9. The van der Waals surface area contributed by atoms with E-state index in [0.717, 1.165) is 25.9 Å². The summed E-state index contributed by atoms with van der Waals surface area (Å²) in [5, 5.41) is 16.8. The van der Waals surface area contributed by atoms with Crippen LogP contribution in [0.1, 0.15) is 47.0 Å². The number of likely N-dealkylation sites (tertiary alicyclic amines) is 1. The van der Waals surface area contributed by atoms with Gasteiger partial charge in [0.15, 0.2) is 0 Å². The number of carbonyl (C=O) groups excluding carboxylic acids is 2. The first-order chi connectivity index (χ1) is 11.7. The van der Waals surface area contributed by atoms with E-state index in [1.165, 1.54) is 0 Å². The molecule has 2 fully saturated rings. The lowest BCUT2D eigenvalue weighted by molar-refractivity contribution is -0.130. The number of nitrogens with zero attached hydrogens (tertiary/aromatic N) is 1. The second-order valence-corrected chi connectivity index (χ2v) is 8.46. The minimum absolute atomic E-state index is 0.0173. The molecule has 25 heavy (non-hydrogen) atoms. The fraction of sp³-hybridized carbons (Fsp3) is 0.889. The maximum Gasteiger partial charge on any atom is 0.220 e. The zero-order valence-corrected chi connectivity index (χ0v) is 15.9. The first kappa shape index (κ1) is 20.1. The smallest absolute Gasteiger partial charge is 0.220 e. The molecule has 0 aliphatic carbocycles. The highest BCUT2D eigenvalue weighted by molar-refractivity contribution is 5.76. The molecule has 0 saturated carbocycles. The first-order valence-electron chi connectivity index (χ1n) is 9.23. The number of aliphatic hydroxyl groups excluding tert-OH is 1. The Morgan fingerprint density at radius 1 is 1.24 bits per heavy atom. The third-order valence-corrected chi connectivity index (χ3v) is 4.86.